The highest BCUT2D eigenvalue weighted by Crippen LogP contribution is 2.48. The van der Waals surface area contributed by atoms with Crippen molar-refractivity contribution < 1.29 is 4.74 Å². The van der Waals surface area contributed by atoms with Gasteiger partial charge in [-0.3, -0.25) is 0 Å². The lowest BCUT2D eigenvalue weighted by Crippen LogP contribution is -2.33. The molecule has 0 N–H and O–H groups in total. The minimum atomic E-state index is -0.273. The minimum Gasteiger partial charge on any atom is -0.464 e. The molecule has 2 atom stereocenters. The van der Waals surface area contributed by atoms with Gasteiger partial charge in [0.1, 0.15) is 5.75 Å². The molecule has 0 amide bonds. The van der Waals surface area contributed by atoms with Crippen LogP contribution in [0, 0.1) is 0 Å². The molecule has 0 fully saturated rings. The molecular formula is C27H27ClN2OS. The summed E-state index contributed by atoms with van der Waals surface area (Å²) in [7, 11) is 0. The summed E-state index contributed by atoms with van der Waals surface area (Å²) < 4.78 is 6.49. The molecule has 2 aliphatic rings. The van der Waals surface area contributed by atoms with Gasteiger partial charge in [0.25, 0.3) is 0 Å². The van der Waals surface area contributed by atoms with E-state index in [1.54, 1.807) is 11.8 Å². The smallest absolute Gasteiger partial charge is 0.213 e. The van der Waals surface area contributed by atoms with E-state index in [-0.39, 0.29) is 17.7 Å². The summed E-state index contributed by atoms with van der Waals surface area (Å²) in [6.45, 7) is 6.69. The van der Waals surface area contributed by atoms with E-state index in [1.165, 1.54) is 10.5 Å². The van der Waals surface area contributed by atoms with Crippen molar-refractivity contribution in [3.63, 3.8) is 0 Å². The van der Waals surface area contributed by atoms with Crippen LogP contribution in [0.2, 0.25) is 5.02 Å². The molecule has 2 aliphatic heterocycles. The molecule has 0 aliphatic carbocycles. The van der Waals surface area contributed by atoms with E-state index in [4.69, 9.17) is 21.4 Å². The second-order valence-corrected chi connectivity index (χ2v) is 10.7. The Morgan fingerprint density at radius 3 is 2.38 bits per heavy atom. The van der Waals surface area contributed by atoms with Gasteiger partial charge in [-0.25, -0.2) is 5.01 Å². The van der Waals surface area contributed by atoms with Crippen LogP contribution in [0.5, 0.6) is 5.75 Å². The van der Waals surface area contributed by atoms with Crippen LogP contribution >= 0.6 is 23.4 Å². The maximum Gasteiger partial charge on any atom is 0.213 e. The maximum atomic E-state index is 6.49. The number of thioether (sulfide) groups is 1. The van der Waals surface area contributed by atoms with Crippen molar-refractivity contribution in [3.05, 3.63) is 94.0 Å². The minimum absolute atomic E-state index is 0.0972. The number of hydrogen-bond donors (Lipinski definition) is 0. The highest BCUT2D eigenvalue weighted by molar-refractivity contribution is 7.98. The Balaban J connectivity index is 1.55. The Hall–Kier alpha value is -2.43. The first-order valence-corrected chi connectivity index (χ1v) is 12.5. The van der Waals surface area contributed by atoms with Crippen LogP contribution in [-0.2, 0) is 5.41 Å². The van der Waals surface area contributed by atoms with Gasteiger partial charge in [-0.2, -0.15) is 5.10 Å². The lowest BCUT2D eigenvalue weighted by atomic mass is 9.86. The van der Waals surface area contributed by atoms with Crippen LogP contribution in [-0.4, -0.2) is 17.0 Å². The van der Waals surface area contributed by atoms with Gasteiger partial charge in [0.05, 0.1) is 11.8 Å². The normalized spacial score (nSPS) is 19.8. The van der Waals surface area contributed by atoms with E-state index in [1.807, 2.05) is 18.2 Å². The number of benzene rings is 3. The van der Waals surface area contributed by atoms with Crippen LogP contribution < -0.4 is 4.74 Å². The molecule has 0 bridgehead atoms. The first-order chi connectivity index (χ1) is 15.3. The van der Waals surface area contributed by atoms with Crippen molar-refractivity contribution in [2.24, 2.45) is 5.10 Å². The highest BCUT2D eigenvalue weighted by Gasteiger charge is 2.41. The molecule has 164 valence electrons. The topological polar surface area (TPSA) is 24.8 Å². The molecule has 32 heavy (non-hydrogen) atoms. The van der Waals surface area contributed by atoms with Crippen LogP contribution in [0.25, 0.3) is 0 Å². The van der Waals surface area contributed by atoms with Crippen molar-refractivity contribution in [2.45, 2.75) is 49.8 Å². The van der Waals surface area contributed by atoms with Gasteiger partial charge in [0.2, 0.25) is 6.23 Å². The lowest BCUT2D eigenvalue weighted by Gasteiger charge is -2.38. The fraction of sp³-hybridized carbons (Fsp3) is 0.296. The molecule has 2 unspecified atom stereocenters. The fourth-order valence-electron chi connectivity index (χ4n) is 4.38. The molecule has 3 aromatic rings. The van der Waals surface area contributed by atoms with Crippen molar-refractivity contribution in [1.82, 2.24) is 5.01 Å². The summed E-state index contributed by atoms with van der Waals surface area (Å²) in [6, 6.07) is 23.4. The van der Waals surface area contributed by atoms with Gasteiger partial charge in [-0.15, -0.1) is 11.8 Å². The van der Waals surface area contributed by atoms with Gasteiger partial charge < -0.3 is 4.74 Å². The predicted molar refractivity (Wildman–Crippen MR) is 134 cm³/mol. The van der Waals surface area contributed by atoms with Gasteiger partial charge >= 0.3 is 0 Å². The van der Waals surface area contributed by atoms with Gasteiger partial charge in [-0.1, -0.05) is 68.8 Å². The lowest BCUT2D eigenvalue weighted by molar-refractivity contribution is -0.0190. The molecular weight excluding hydrogens is 436 g/mol. The monoisotopic (exact) mass is 462 g/mol. The Morgan fingerprint density at radius 2 is 1.72 bits per heavy atom. The SMILES string of the molecule is CSc1ccc(C2=NN3C(C2)c2cc(Cl)ccc2OC3c2ccc(C(C)(C)C)cc2)cc1. The molecule has 0 radical (unpaired) electrons. The summed E-state index contributed by atoms with van der Waals surface area (Å²) >= 11 is 8.10. The van der Waals surface area contributed by atoms with Crippen LogP contribution in [0.15, 0.2) is 76.7 Å². The van der Waals surface area contributed by atoms with E-state index < -0.39 is 0 Å². The number of rotatable bonds is 3. The fourth-order valence-corrected chi connectivity index (χ4v) is 4.97. The highest BCUT2D eigenvalue weighted by atomic mass is 35.5. The number of halogens is 1. The molecule has 3 nitrogen and oxygen atoms in total. The third kappa shape index (κ3) is 3.91. The largest absolute Gasteiger partial charge is 0.464 e. The van der Waals surface area contributed by atoms with Crippen LogP contribution in [0.3, 0.4) is 0 Å². The second-order valence-electron chi connectivity index (χ2n) is 9.40. The van der Waals surface area contributed by atoms with Crippen molar-refractivity contribution in [1.29, 1.82) is 0 Å². The Kier molecular flexibility index (Phi) is 5.47. The number of fused-ring (bicyclic) bond motifs is 3. The van der Waals surface area contributed by atoms with Crippen molar-refractivity contribution >= 4 is 29.1 Å². The Bertz CT molecular complexity index is 1170. The predicted octanol–water partition coefficient (Wildman–Crippen LogP) is 7.60. The number of ether oxygens (including phenoxy) is 1. The molecule has 0 aromatic heterocycles. The molecule has 5 rings (SSSR count). The van der Waals surface area contributed by atoms with Crippen LogP contribution in [0.4, 0.5) is 0 Å². The summed E-state index contributed by atoms with van der Waals surface area (Å²) in [4.78, 5) is 1.25. The van der Waals surface area contributed by atoms with Gasteiger partial charge in [0.15, 0.2) is 0 Å². The summed E-state index contributed by atoms with van der Waals surface area (Å²) in [5.74, 6) is 0.884. The average molecular weight is 463 g/mol. The summed E-state index contributed by atoms with van der Waals surface area (Å²) in [5.41, 5.74) is 5.85. The molecule has 0 spiro atoms. The molecule has 5 heteroatoms. The van der Waals surface area contributed by atoms with Gasteiger partial charge in [-0.05, 0) is 53.1 Å². The molecule has 2 heterocycles. The standard InChI is InChI=1S/C27H27ClN2OS/c1-27(2,3)19-9-5-18(6-10-19)26-30-24(22-15-20(28)11-14-25(22)31-26)16-23(29-30)17-7-12-21(32-4)13-8-17/h5-15,24,26H,16H2,1-4H3. The number of nitrogens with zero attached hydrogens (tertiary/aromatic N) is 2. The maximum absolute atomic E-state index is 6.49. The quantitative estimate of drug-likeness (QED) is 0.374. The zero-order valence-corrected chi connectivity index (χ0v) is 20.4. The van der Waals surface area contributed by atoms with Crippen molar-refractivity contribution in [3.8, 4) is 5.75 Å². The first-order valence-electron chi connectivity index (χ1n) is 10.9. The van der Waals surface area contributed by atoms with E-state index >= 15 is 0 Å². The summed E-state index contributed by atoms with van der Waals surface area (Å²) in [6.07, 6.45) is 2.65. The third-order valence-corrected chi connectivity index (χ3v) is 7.22. The van der Waals surface area contributed by atoms with Gasteiger partial charge in [0, 0.05) is 27.5 Å². The zero-order valence-electron chi connectivity index (χ0n) is 18.8. The number of hydrazone groups is 1. The Morgan fingerprint density at radius 1 is 1.00 bits per heavy atom. The van der Waals surface area contributed by atoms with E-state index in [0.717, 1.165) is 39.6 Å². The molecule has 0 saturated heterocycles. The second kappa shape index (κ2) is 8.17. The van der Waals surface area contributed by atoms with Crippen molar-refractivity contribution in [2.75, 3.05) is 6.26 Å². The zero-order chi connectivity index (χ0) is 22.5. The summed E-state index contributed by atoms with van der Waals surface area (Å²) in [5, 5.41) is 7.90. The average Bonchev–Trinajstić information content (AvgIpc) is 3.24. The molecule has 3 aromatic carbocycles. The van der Waals surface area contributed by atoms with E-state index in [2.05, 4.69) is 80.6 Å². The third-order valence-electron chi connectivity index (χ3n) is 6.24. The number of hydrogen-bond acceptors (Lipinski definition) is 4. The van der Waals surface area contributed by atoms with E-state index in [9.17, 15) is 0 Å². The first kappa shape index (κ1) is 21.4. The Labute approximate surface area is 199 Å². The molecule has 0 saturated carbocycles. The van der Waals surface area contributed by atoms with E-state index in [0.29, 0.717) is 0 Å². The van der Waals surface area contributed by atoms with Crippen LogP contribution in [0.1, 0.15) is 61.7 Å².